The first-order valence-corrected chi connectivity index (χ1v) is 24.6. The minimum Gasteiger partial charge on any atom is -0.462 e. The molecule has 1 aromatic rings. The average Bonchev–Trinajstić information content (AvgIpc) is 3.16. The van der Waals surface area contributed by atoms with Gasteiger partial charge in [0.1, 0.15) is 0 Å². The molecule has 1 atom stereocenters. The summed E-state index contributed by atoms with van der Waals surface area (Å²) >= 11 is 0. The molecule has 0 spiro atoms. The number of unbranched alkanes of at least 4 members (excludes halogenated alkanes) is 22. The van der Waals surface area contributed by atoms with Crippen LogP contribution in [-0.2, 0) is 9.47 Å². The van der Waals surface area contributed by atoms with Crippen molar-refractivity contribution < 1.29 is 24.2 Å². The number of ether oxygens (including phenoxy) is 2. The Bertz CT molecular complexity index is 827. The molecule has 1 aromatic carbocycles. The number of benzene rings is 1. The highest BCUT2D eigenvalue weighted by Crippen LogP contribution is 2.19. The molecular formula is C46H87O5Si. The van der Waals surface area contributed by atoms with E-state index in [1.54, 1.807) is 24.3 Å². The van der Waals surface area contributed by atoms with Crippen molar-refractivity contribution in [2.75, 3.05) is 19.8 Å². The molecule has 0 amide bonds. The number of esters is 2. The molecule has 1 N–H and O–H groups in total. The summed E-state index contributed by atoms with van der Waals surface area (Å²) in [6, 6.07) is 6.74. The van der Waals surface area contributed by atoms with Crippen LogP contribution in [0.4, 0.5) is 0 Å². The van der Waals surface area contributed by atoms with Crippen molar-refractivity contribution >= 4 is 21.5 Å². The zero-order valence-corrected chi connectivity index (χ0v) is 36.6. The lowest BCUT2D eigenvalue weighted by Gasteiger charge is -2.13. The Hall–Kier alpha value is -1.66. The molecule has 52 heavy (non-hydrogen) atoms. The Morgan fingerprint density at radius 2 is 0.769 bits per heavy atom. The molecule has 1 rings (SSSR count). The van der Waals surface area contributed by atoms with Gasteiger partial charge in [0.05, 0.1) is 24.3 Å². The normalized spacial score (nSPS) is 11.2. The van der Waals surface area contributed by atoms with Gasteiger partial charge < -0.3 is 14.6 Å². The summed E-state index contributed by atoms with van der Waals surface area (Å²) in [6.45, 7) is 14.5. The Balaban J connectivity index is 0. The van der Waals surface area contributed by atoms with Crippen LogP contribution in [0.25, 0.3) is 0 Å². The number of carbonyl (C=O) groups is 2. The summed E-state index contributed by atoms with van der Waals surface area (Å²) in [4.78, 5) is 24.7. The van der Waals surface area contributed by atoms with Crippen LogP contribution in [0.1, 0.15) is 228 Å². The van der Waals surface area contributed by atoms with Crippen LogP contribution >= 0.6 is 0 Å². The quantitative estimate of drug-likeness (QED) is 0.0440. The standard InChI is InChI=1S/C24H38O4.C20H42O.C2H7Si/c1-3-5-7-9-11-15-19-27-23(25)21-17-13-14-18-22(21)24(26)28-20-16-12-10-8-6-4-2;1-3-5-7-9-11-12-14-16-18-20(19-21)17-15-13-10-8-6-4-2;1-3-2/h13-14,17-18H,3-12,15-16,19-20H2,1-2H3;20-21H,3-19H2,1-2H3;3H,1-2H3. The SMILES string of the molecule is CCCCCCCCCCC(CO)CCCCCCCC.CCCCCCCCOC(=O)c1ccccc1C(=O)OCCCCCCCC.C[SiH]C. The van der Waals surface area contributed by atoms with Crippen molar-refractivity contribution in [2.45, 2.75) is 221 Å². The first-order chi connectivity index (χ1) is 25.5. The van der Waals surface area contributed by atoms with Gasteiger partial charge in [-0.05, 0) is 43.7 Å². The molecule has 6 heteroatoms. The van der Waals surface area contributed by atoms with E-state index in [0.717, 1.165) is 35.2 Å². The van der Waals surface area contributed by atoms with E-state index in [0.29, 0.717) is 36.9 Å². The summed E-state index contributed by atoms with van der Waals surface area (Å²) in [7, 11) is 0.750. The van der Waals surface area contributed by atoms with E-state index in [1.165, 1.54) is 154 Å². The van der Waals surface area contributed by atoms with E-state index in [4.69, 9.17) is 9.47 Å². The van der Waals surface area contributed by atoms with Gasteiger partial charge >= 0.3 is 11.9 Å². The first kappa shape index (κ1) is 52.4. The number of hydrogen-bond donors (Lipinski definition) is 1. The second kappa shape index (κ2) is 43.7. The van der Waals surface area contributed by atoms with Crippen molar-refractivity contribution in [2.24, 2.45) is 5.92 Å². The van der Waals surface area contributed by atoms with Gasteiger partial charge in [-0.15, -0.1) is 0 Å². The fraction of sp³-hybridized carbons (Fsp3) is 0.826. The van der Waals surface area contributed by atoms with Gasteiger partial charge in [-0.25, -0.2) is 9.59 Å². The second-order valence-corrected chi connectivity index (χ2v) is 16.0. The van der Waals surface area contributed by atoms with E-state index < -0.39 is 11.9 Å². The highest BCUT2D eigenvalue weighted by atomic mass is 28.2. The van der Waals surface area contributed by atoms with Gasteiger partial charge in [-0.2, -0.15) is 0 Å². The molecule has 5 nitrogen and oxygen atoms in total. The Morgan fingerprint density at radius 3 is 1.06 bits per heavy atom. The van der Waals surface area contributed by atoms with Crippen LogP contribution in [0.2, 0.25) is 13.1 Å². The molecule has 0 bridgehead atoms. The smallest absolute Gasteiger partial charge is 0.339 e. The lowest BCUT2D eigenvalue weighted by Crippen LogP contribution is -2.15. The summed E-state index contributed by atoms with van der Waals surface area (Å²) in [5.74, 6) is -0.308. The van der Waals surface area contributed by atoms with E-state index in [-0.39, 0.29) is 0 Å². The van der Waals surface area contributed by atoms with Crippen LogP contribution in [-0.4, -0.2) is 46.4 Å². The molecule has 1 radical (unpaired) electrons. The fourth-order valence-electron chi connectivity index (χ4n) is 6.20. The highest BCUT2D eigenvalue weighted by molar-refractivity contribution is 6.31. The predicted molar refractivity (Wildman–Crippen MR) is 228 cm³/mol. The van der Waals surface area contributed by atoms with Crippen molar-refractivity contribution in [3.63, 3.8) is 0 Å². The Kier molecular flexibility index (Phi) is 44.1. The van der Waals surface area contributed by atoms with Crippen molar-refractivity contribution in [3.05, 3.63) is 35.4 Å². The van der Waals surface area contributed by atoms with E-state index in [1.807, 2.05) is 0 Å². The molecule has 0 heterocycles. The zero-order chi connectivity index (χ0) is 38.8. The fourth-order valence-corrected chi connectivity index (χ4v) is 6.20. The molecule has 0 aliphatic rings. The average molecular weight is 748 g/mol. The summed E-state index contributed by atoms with van der Waals surface area (Å²) in [6.07, 6.45) is 35.5. The van der Waals surface area contributed by atoms with Gasteiger partial charge in [0, 0.05) is 16.1 Å². The molecule has 0 aliphatic heterocycles. The molecule has 0 aliphatic carbocycles. The zero-order valence-electron chi connectivity index (χ0n) is 35.5. The third kappa shape index (κ3) is 35.4. The van der Waals surface area contributed by atoms with Crippen LogP contribution < -0.4 is 0 Å². The molecule has 1 unspecified atom stereocenters. The topological polar surface area (TPSA) is 72.8 Å². The van der Waals surface area contributed by atoms with E-state index in [9.17, 15) is 14.7 Å². The molecule has 0 saturated heterocycles. The Labute approximate surface area is 326 Å². The molecule has 0 aromatic heterocycles. The maximum Gasteiger partial charge on any atom is 0.339 e. The van der Waals surface area contributed by atoms with Gasteiger partial charge in [-0.1, -0.05) is 207 Å². The minimum atomic E-state index is -0.444. The second-order valence-electron chi connectivity index (χ2n) is 14.8. The van der Waals surface area contributed by atoms with Gasteiger partial charge in [-0.3, -0.25) is 0 Å². The van der Waals surface area contributed by atoms with Crippen LogP contribution in [0.15, 0.2) is 24.3 Å². The maximum atomic E-state index is 12.4. The lowest BCUT2D eigenvalue weighted by molar-refractivity contribution is 0.0450. The number of carbonyl (C=O) groups excluding carboxylic acids is 2. The molecule has 0 saturated carbocycles. The monoisotopic (exact) mass is 748 g/mol. The third-order valence-corrected chi connectivity index (χ3v) is 9.52. The lowest BCUT2D eigenvalue weighted by atomic mass is 9.95. The summed E-state index contributed by atoms with van der Waals surface area (Å²) in [5.41, 5.74) is 0.586. The van der Waals surface area contributed by atoms with E-state index in [2.05, 4.69) is 40.8 Å². The number of rotatable bonds is 33. The summed E-state index contributed by atoms with van der Waals surface area (Å²) < 4.78 is 10.7. The highest BCUT2D eigenvalue weighted by Gasteiger charge is 2.18. The molecule has 0 fully saturated rings. The molecular weight excluding hydrogens is 661 g/mol. The number of aliphatic hydroxyl groups excluding tert-OH is 1. The van der Waals surface area contributed by atoms with Gasteiger partial charge in [0.2, 0.25) is 0 Å². The summed E-state index contributed by atoms with van der Waals surface area (Å²) in [5, 5.41) is 9.47. The molecule has 305 valence electrons. The van der Waals surface area contributed by atoms with Crippen LogP contribution in [0, 0.1) is 5.92 Å². The van der Waals surface area contributed by atoms with E-state index >= 15 is 0 Å². The third-order valence-electron chi connectivity index (χ3n) is 9.52. The van der Waals surface area contributed by atoms with Crippen LogP contribution in [0.3, 0.4) is 0 Å². The maximum absolute atomic E-state index is 12.4. The predicted octanol–water partition coefficient (Wildman–Crippen LogP) is 14.1. The first-order valence-electron chi connectivity index (χ1n) is 22.2. The van der Waals surface area contributed by atoms with Gasteiger partial charge in [0.25, 0.3) is 0 Å². The van der Waals surface area contributed by atoms with Gasteiger partial charge in [0.15, 0.2) is 0 Å². The van der Waals surface area contributed by atoms with Crippen molar-refractivity contribution in [3.8, 4) is 0 Å². The van der Waals surface area contributed by atoms with Crippen molar-refractivity contribution in [1.82, 2.24) is 0 Å². The Morgan fingerprint density at radius 1 is 0.500 bits per heavy atom. The number of aliphatic hydroxyl groups is 1. The van der Waals surface area contributed by atoms with Crippen LogP contribution in [0.5, 0.6) is 0 Å². The largest absolute Gasteiger partial charge is 0.462 e. The minimum absolute atomic E-state index is 0.293. The number of hydrogen-bond acceptors (Lipinski definition) is 5. The van der Waals surface area contributed by atoms with Crippen molar-refractivity contribution in [1.29, 1.82) is 0 Å².